The molecule has 2 aromatic carbocycles. The second-order valence-electron chi connectivity index (χ2n) is 8.19. The number of H-pyrrole nitrogens is 1. The summed E-state index contributed by atoms with van der Waals surface area (Å²) in [4.78, 5) is 22.3. The molecule has 9 heteroatoms. The number of carbonyl (C=O) groups is 1. The molecule has 1 atom stereocenters. The van der Waals surface area contributed by atoms with Gasteiger partial charge >= 0.3 is 4.87 Å². The zero-order valence-corrected chi connectivity index (χ0v) is 20.8. The minimum atomic E-state index is -0.722. The van der Waals surface area contributed by atoms with Crippen molar-refractivity contribution in [3.05, 3.63) is 63.3 Å². The highest BCUT2D eigenvalue weighted by Crippen LogP contribution is 2.31. The number of carboxylic acid groups (broad SMARTS) is 1. The molecule has 8 nitrogen and oxygen atoms in total. The Morgan fingerprint density at radius 3 is 2.43 bits per heavy atom. The van der Waals surface area contributed by atoms with Crippen molar-refractivity contribution in [3.63, 3.8) is 0 Å². The van der Waals surface area contributed by atoms with E-state index in [0.29, 0.717) is 22.3 Å². The number of fused-ring (bicyclic) bond motifs is 1. The molecule has 192 valence electrons. The van der Waals surface area contributed by atoms with Crippen molar-refractivity contribution in [2.75, 3.05) is 26.3 Å². The zero-order chi connectivity index (χ0) is 25.3. The van der Waals surface area contributed by atoms with Crippen molar-refractivity contribution >= 4 is 28.0 Å². The number of aliphatic hydroxyl groups excluding tert-OH is 1. The highest BCUT2D eigenvalue weighted by atomic mass is 32.1. The molecule has 35 heavy (non-hydrogen) atoms. The Hall–Kier alpha value is -2.72. The molecule has 3 rings (SSSR count). The van der Waals surface area contributed by atoms with Crippen LogP contribution >= 0.6 is 11.3 Å². The standard InChI is InChI=1S/C25H34N2O4S.CH2O2/c28-21-14-13-20(24-23(21)27-25(30)32-24)22(29)18-26-15-7-1-2-8-16-31-17-9-6-12-19-10-4-3-5-11-19;2-1-3/h3-5,10-11,13-14,22,26,28-29H,1-2,6-9,12,15-18H2,(H,27,30);1H,(H,2,3)/t22-;/m0./s1. The number of benzene rings is 2. The Morgan fingerprint density at radius 1 is 1.00 bits per heavy atom. The van der Waals surface area contributed by atoms with E-state index in [4.69, 9.17) is 14.6 Å². The number of aromatic amines is 1. The topological polar surface area (TPSA) is 132 Å². The second kappa shape index (κ2) is 16.8. The highest BCUT2D eigenvalue weighted by Gasteiger charge is 2.15. The van der Waals surface area contributed by atoms with Gasteiger partial charge in [0.25, 0.3) is 6.47 Å². The first-order chi connectivity index (χ1) is 17.1. The summed E-state index contributed by atoms with van der Waals surface area (Å²) in [6, 6.07) is 13.8. The Labute approximate surface area is 209 Å². The summed E-state index contributed by atoms with van der Waals surface area (Å²) in [6.07, 6.45) is 7.07. The van der Waals surface area contributed by atoms with Gasteiger partial charge < -0.3 is 30.4 Å². The molecule has 0 unspecified atom stereocenters. The molecule has 1 aromatic heterocycles. The van der Waals surface area contributed by atoms with E-state index >= 15 is 0 Å². The lowest BCUT2D eigenvalue weighted by molar-refractivity contribution is -0.122. The van der Waals surface area contributed by atoms with Gasteiger partial charge in [-0.15, -0.1) is 0 Å². The van der Waals surface area contributed by atoms with Gasteiger partial charge in [-0.3, -0.25) is 9.59 Å². The number of aromatic hydroxyl groups is 1. The Kier molecular flexibility index (Phi) is 13.7. The fourth-order valence-electron chi connectivity index (χ4n) is 3.74. The number of aliphatic hydroxyl groups is 1. The molecule has 0 bridgehead atoms. The summed E-state index contributed by atoms with van der Waals surface area (Å²) < 4.78 is 6.35. The van der Waals surface area contributed by atoms with E-state index in [9.17, 15) is 15.0 Å². The van der Waals surface area contributed by atoms with Crippen molar-refractivity contribution < 1.29 is 24.9 Å². The summed E-state index contributed by atoms with van der Waals surface area (Å²) in [5, 5.41) is 30.5. The van der Waals surface area contributed by atoms with Crippen LogP contribution in [0.2, 0.25) is 0 Å². The molecular formula is C26H36N2O6S. The van der Waals surface area contributed by atoms with E-state index in [0.717, 1.165) is 69.6 Å². The predicted octanol–water partition coefficient (Wildman–Crippen LogP) is 4.22. The van der Waals surface area contributed by atoms with Crippen molar-refractivity contribution in [1.82, 2.24) is 10.3 Å². The molecule has 0 radical (unpaired) electrons. The van der Waals surface area contributed by atoms with E-state index in [1.807, 2.05) is 0 Å². The molecule has 5 N–H and O–H groups in total. The summed E-state index contributed by atoms with van der Waals surface area (Å²) in [6.45, 7) is 2.67. The van der Waals surface area contributed by atoms with E-state index in [1.54, 1.807) is 6.07 Å². The molecule has 0 aliphatic heterocycles. The third kappa shape index (κ3) is 10.6. The number of thiazole rings is 1. The molecule has 0 aliphatic carbocycles. The Balaban J connectivity index is 0.00000137. The van der Waals surface area contributed by atoms with Gasteiger partial charge in [0.15, 0.2) is 0 Å². The molecule has 1 heterocycles. The maximum absolute atomic E-state index is 11.6. The molecule has 0 saturated carbocycles. The van der Waals surface area contributed by atoms with Crippen molar-refractivity contribution in [2.24, 2.45) is 0 Å². The minimum absolute atomic E-state index is 0.0263. The summed E-state index contributed by atoms with van der Waals surface area (Å²) in [5.74, 6) is 0.0263. The first kappa shape index (κ1) is 28.5. The smallest absolute Gasteiger partial charge is 0.305 e. The average Bonchev–Trinajstić information content (AvgIpc) is 3.25. The Bertz CT molecular complexity index is 1040. The van der Waals surface area contributed by atoms with Gasteiger partial charge in [-0.2, -0.15) is 0 Å². The van der Waals surface area contributed by atoms with Crippen LogP contribution in [0.1, 0.15) is 55.8 Å². The number of rotatable bonds is 15. The number of phenolic OH excluding ortho intramolecular Hbond substituents is 1. The van der Waals surface area contributed by atoms with Crippen LogP contribution in [0, 0.1) is 0 Å². The van der Waals surface area contributed by atoms with Gasteiger partial charge in [-0.1, -0.05) is 60.6 Å². The molecule has 0 fully saturated rings. The first-order valence-corrected chi connectivity index (χ1v) is 12.8. The molecule has 3 aromatic rings. The maximum Gasteiger partial charge on any atom is 0.305 e. The van der Waals surface area contributed by atoms with Crippen LogP contribution in [0.5, 0.6) is 5.75 Å². The van der Waals surface area contributed by atoms with Crippen molar-refractivity contribution in [1.29, 1.82) is 0 Å². The number of nitrogens with one attached hydrogen (secondary N) is 2. The van der Waals surface area contributed by atoms with Gasteiger partial charge in [0.05, 0.1) is 10.8 Å². The largest absolute Gasteiger partial charge is 0.506 e. The van der Waals surface area contributed by atoms with Crippen LogP contribution in [0.15, 0.2) is 47.3 Å². The SMILES string of the molecule is O=CO.O=c1[nH]c2c(O)ccc([C@@H](O)CNCCCCCCOCCCCc3ccccc3)c2s1. The molecule has 0 spiro atoms. The predicted molar refractivity (Wildman–Crippen MR) is 139 cm³/mol. The maximum atomic E-state index is 11.6. The van der Waals surface area contributed by atoms with Crippen LogP contribution in [0.3, 0.4) is 0 Å². The van der Waals surface area contributed by atoms with Gasteiger partial charge in [-0.25, -0.2) is 0 Å². The van der Waals surface area contributed by atoms with E-state index in [1.165, 1.54) is 18.1 Å². The van der Waals surface area contributed by atoms with Crippen molar-refractivity contribution in [3.8, 4) is 5.75 Å². The van der Waals surface area contributed by atoms with E-state index < -0.39 is 6.10 Å². The highest BCUT2D eigenvalue weighted by molar-refractivity contribution is 7.16. The molecule has 0 saturated heterocycles. The monoisotopic (exact) mass is 504 g/mol. The summed E-state index contributed by atoms with van der Waals surface area (Å²) >= 11 is 1.01. The van der Waals surface area contributed by atoms with Gasteiger partial charge in [0, 0.05) is 25.3 Å². The number of hydrogen-bond acceptors (Lipinski definition) is 7. The number of ether oxygens (including phenoxy) is 1. The molecule has 0 aliphatic rings. The third-order valence-electron chi connectivity index (χ3n) is 5.52. The van der Waals surface area contributed by atoms with Crippen LogP contribution in [0.25, 0.3) is 10.2 Å². The number of aromatic nitrogens is 1. The van der Waals surface area contributed by atoms with Crippen LogP contribution in [-0.2, 0) is 16.0 Å². The van der Waals surface area contributed by atoms with Gasteiger partial charge in [0.2, 0.25) is 0 Å². The second-order valence-corrected chi connectivity index (χ2v) is 9.17. The Morgan fingerprint density at radius 2 is 1.69 bits per heavy atom. The molecular weight excluding hydrogens is 468 g/mol. The summed E-state index contributed by atoms with van der Waals surface area (Å²) in [5.41, 5.74) is 2.45. The van der Waals surface area contributed by atoms with Crippen LogP contribution in [-0.4, -0.2) is 53.1 Å². The van der Waals surface area contributed by atoms with Gasteiger partial charge in [-0.05, 0) is 50.3 Å². The summed E-state index contributed by atoms with van der Waals surface area (Å²) in [7, 11) is 0. The van der Waals surface area contributed by atoms with E-state index in [-0.39, 0.29) is 17.1 Å². The number of aryl methyl sites for hydroxylation is 1. The number of phenols is 1. The van der Waals surface area contributed by atoms with E-state index in [2.05, 4.69) is 40.6 Å². The quantitative estimate of drug-likeness (QED) is 0.155. The lowest BCUT2D eigenvalue weighted by atomic mass is 10.1. The molecule has 0 amide bonds. The van der Waals surface area contributed by atoms with Crippen molar-refractivity contribution in [2.45, 2.75) is 51.0 Å². The van der Waals surface area contributed by atoms with Crippen LogP contribution < -0.4 is 10.2 Å². The fraction of sp³-hybridized carbons (Fsp3) is 0.462. The lowest BCUT2D eigenvalue weighted by Crippen LogP contribution is -2.22. The third-order valence-corrected chi connectivity index (χ3v) is 6.46. The minimum Gasteiger partial charge on any atom is -0.506 e. The zero-order valence-electron chi connectivity index (χ0n) is 19.9. The van der Waals surface area contributed by atoms with Gasteiger partial charge in [0.1, 0.15) is 11.3 Å². The lowest BCUT2D eigenvalue weighted by Gasteiger charge is -2.13. The first-order valence-electron chi connectivity index (χ1n) is 12.0. The average molecular weight is 505 g/mol. The number of unbranched alkanes of at least 4 members (excludes halogenated alkanes) is 4. The number of hydrogen-bond donors (Lipinski definition) is 5. The fourth-order valence-corrected chi connectivity index (χ4v) is 4.66. The normalized spacial score (nSPS) is 11.7. The van der Waals surface area contributed by atoms with Crippen LogP contribution in [0.4, 0.5) is 0 Å².